The third-order valence-corrected chi connectivity index (χ3v) is 10.0. The van der Waals surface area contributed by atoms with Crippen LogP contribution in [0.2, 0.25) is 0 Å². The molecule has 0 amide bonds. The fraction of sp³-hybridized carbons (Fsp3) is 0. The summed E-state index contributed by atoms with van der Waals surface area (Å²) < 4.78 is 271. The minimum atomic E-state index is -3.02. The normalized spacial score (nSPS) is 12.1. The molecule has 0 aliphatic heterocycles. The van der Waals surface area contributed by atoms with Crippen molar-refractivity contribution in [1.29, 1.82) is 0 Å². The lowest BCUT2D eigenvalue weighted by molar-refractivity contribution is 0.383. The summed E-state index contributed by atoms with van der Waals surface area (Å²) in [5.74, 6) is -42.5. The first kappa shape index (κ1) is 38.8. The second-order valence-electron chi connectivity index (χ2n) is 13.1. The van der Waals surface area contributed by atoms with Gasteiger partial charge in [-0.15, -0.1) is 0 Å². The third-order valence-electron chi connectivity index (χ3n) is 10.0. The Kier molecular flexibility index (Phi) is 8.49. The van der Waals surface area contributed by atoms with Gasteiger partial charge in [-0.05, 0) is 35.0 Å². The van der Waals surface area contributed by atoms with Gasteiger partial charge in [-0.25, -0.2) is 65.9 Å². The highest BCUT2D eigenvalue weighted by Gasteiger charge is 2.39. The Bertz CT molecular complexity index is 3430. The molecular weight excluding hydrogens is 846 g/mol. The van der Waals surface area contributed by atoms with Crippen LogP contribution in [0.15, 0.2) is 48.5 Å². The lowest BCUT2D eigenvalue weighted by atomic mass is 9.75. The van der Waals surface area contributed by atoms with Crippen molar-refractivity contribution in [2.75, 3.05) is 0 Å². The van der Waals surface area contributed by atoms with E-state index in [0.717, 1.165) is 18.2 Å². The van der Waals surface area contributed by atoms with Crippen LogP contribution in [0.25, 0.3) is 64.6 Å². The smallest absolute Gasteiger partial charge is 0.519 e. The maximum Gasteiger partial charge on any atom is 0.633 e. The molecular formula is C40H8BF17O2. The van der Waals surface area contributed by atoms with Crippen LogP contribution in [-0.2, 0) is 0 Å². The maximum absolute atomic E-state index is 16.3. The summed E-state index contributed by atoms with van der Waals surface area (Å²) in [4.78, 5) is 0. The number of hydrogen-bond acceptors (Lipinski definition) is 2. The molecule has 9 aromatic carbocycles. The Morgan fingerprint density at radius 3 is 1.40 bits per heavy atom. The zero-order valence-corrected chi connectivity index (χ0v) is 28.4. The van der Waals surface area contributed by atoms with Crippen molar-refractivity contribution in [3.05, 3.63) is 147 Å². The van der Waals surface area contributed by atoms with Gasteiger partial charge < -0.3 is 9.31 Å². The monoisotopic (exact) mass is 854 g/mol. The topological polar surface area (TPSA) is 18.5 Å². The second kappa shape index (κ2) is 13.1. The Balaban J connectivity index is 1.40. The lowest BCUT2D eigenvalue weighted by Gasteiger charge is -2.23. The predicted octanol–water partition coefficient (Wildman–Crippen LogP) is 12.3. The molecule has 9 aromatic rings. The molecule has 60 heavy (non-hydrogen) atoms. The van der Waals surface area contributed by atoms with E-state index in [4.69, 9.17) is 9.31 Å². The van der Waals surface area contributed by atoms with E-state index in [1.807, 2.05) is 0 Å². The van der Waals surface area contributed by atoms with Crippen LogP contribution in [0.5, 0.6) is 11.5 Å². The largest absolute Gasteiger partial charge is 0.633 e. The predicted molar refractivity (Wildman–Crippen MR) is 181 cm³/mol. The molecule has 0 radical (unpaired) electrons. The van der Waals surface area contributed by atoms with Gasteiger partial charge in [0, 0.05) is 27.7 Å². The summed E-state index contributed by atoms with van der Waals surface area (Å²) in [5.41, 5.74) is -1.01. The van der Waals surface area contributed by atoms with Crippen molar-refractivity contribution in [1.82, 2.24) is 0 Å². The summed E-state index contributed by atoms with van der Waals surface area (Å²) in [6.45, 7) is 0. The first-order valence-corrected chi connectivity index (χ1v) is 16.5. The van der Waals surface area contributed by atoms with E-state index < -0.39 is 182 Å². The molecule has 0 fully saturated rings. The molecule has 0 saturated heterocycles. The van der Waals surface area contributed by atoms with Crippen molar-refractivity contribution < 1.29 is 83.9 Å². The highest BCUT2D eigenvalue weighted by Crippen LogP contribution is 2.47. The zero-order chi connectivity index (χ0) is 43.1. The number of benzene rings is 9. The fourth-order valence-corrected chi connectivity index (χ4v) is 7.44. The maximum atomic E-state index is 16.3. The van der Waals surface area contributed by atoms with Crippen molar-refractivity contribution in [2.24, 2.45) is 0 Å². The van der Waals surface area contributed by atoms with Gasteiger partial charge >= 0.3 is 7.12 Å². The molecule has 0 aromatic heterocycles. The van der Waals surface area contributed by atoms with E-state index in [0.29, 0.717) is 24.3 Å². The molecule has 0 heterocycles. The first-order chi connectivity index (χ1) is 28.4. The second-order valence-corrected chi connectivity index (χ2v) is 13.1. The average molecular weight is 854 g/mol. The molecule has 0 saturated carbocycles. The summed E-state index contributed by atoms with van der Waals surface area (Å²) in [6.07, 6.45) is 0. The molecule has 0 spiro atoms. The zero-order valence-electron chi connectivity index (χ0n) is 28.4. The van der Waals surface area contributed by atoms with Gasteiger partial charge in [0.2, 0.25) is 5.82 Å². The molecule has 0 bridgehead atoms. The number of halogens is 17. The molecule has 0 N–H and O–H groups in total. The van der Waals surface area contributed by atoms with Gasteiger partial charge in [-0.1, -0.05) is 18.2 Å². The van der Waals surface area contributed by atoms with Gasteiger partial charge in [-0.3, -0.25) is 0 Å². The van der Waals surface area contributed by atoms with Crippen molar-refractivity contribution in [3.8, 4) is 11.5 Å². The van der Waals surface area contributed by atoms with Gasteiger partial charge in [-0.2, -0.15) is 8.78 Å². The molecule has 0 aliphatic rings. The van der Waals surface area contributed by atoms with Crippen LogP contribution in [0.3, 0.4) is 0 Å². The average Bonchev–Trinajstić information content (AvgIpc) is 3.20. The molecule has 2 nitrogen and oxygen atoms in total. The van der Waals surface area contributed by atoms with E-state index in [1.165, 1.54) is 0 Å². The minimum Gasteiger partial charge on any atom is -0.519 e. The summed E-state index contributed by atoms with van der Waals surface area (Å²) in [6, 6.07) is 5.02. The molecule has 0 atom stereocenters. The van der Waals surface area contributed by atoms with Crippen LogP contribution in [0, 0.1) is 98.9 Å². The van der Waals surface area contributed by atoms with Gasteiger partial charge in [0.15, 0.2) is 63.9 Å². The number of rotatable bonds is 5. The standard InChI is InChI=1S/C40H8BF17O2/c42-10-7-12-13(4-6-14(43)18(12)16(45)8-10)41(59-39-11-3-1-9-2-5-15(44)20-17(9)19(11)21(29(49)28(20)48)33(53)37(39)57)60-40-25-24(32(52)36(56)38(40)58)26(46)22-23(27(25)47)31(51)35(55)34(54)30(22)50/h1-8H. The number of hydrogen-bond donors (Lipinski definition) is 0. The van der Waals surface area contributed by atoms with E-state index in [-0.39, 0.29) is 11.5 Å². The van der Waals surface area contributed by atoms with Crippen molar-refractivity contribution >= 4 is 77.2 Å². The van der Waals surface area contributed by atoms with Crippen LogP contribution >= 0.6 is 0 Å². The van der Waals surface area contributed by atoms with E-state index in [2.05, 4.69) is 0 Å². The van der Waals surface area contributed by atoms with Crippen LogP contribution in [0.1, 0.15) is 0 Å². The highest BCUT2D eigenvalue weighted by molar-refractivity contribution is 6.66. The molecule has 302 valence electrons. The van der Waals surface area contributed by atoms with Gasteiger partial charge in [0.25, 0.3) is 0 Å². The Morgan fingerprint density at radius 2 is 0.750 bits per heavy atom. The Morgan fingerprint density at radius 1 is 0.300 bits per heavy atom. The van der Waals surface area contributed by atoms with Crippen LogP contribution < -0.4 is 14.8 Å². The SMILES string of the molecule is Fc1cc(F)c2c(F)ccc(B(Oc3c(F)c(F)c4c(F)c(F)c5c(F)ccc6ccc3c4c65)Oc3c(F)c(F)c(F)c4c(F)c5c(F)c(F)c(F)c(F)c5c(F)c34)c2c1. The highest BCUT2D eigenvalue weighted by atomic mass is 19.2. The molecule has 0 aliphatic carbocycles. The fourth-order valence-electron chi connectivity index (χ4n) is 7.44. The van der Waals surface area contributed by atoms with E-state index >= 15 is 52.7 Å². The third kappa shape index (κ3) is 5.05. The quantitative estimate of drug-likeness (QED) is 0.0429. The van der Waals surface area contributed by atoms with E-state index in [1.54, 1.807) is 0 Å². The molecule has 9 rings (SSSR count). The Labute approximate surface area is 320 Å². The van der Waals surface area contributed by atoms with Crippen molar-refractivity contribution in [3.63, 3.8) is 0 Å². The van der Waals surface area contributed by atoms with Crippen molar-refractivity contribution in [2.45, 2.75) is 0 Å². The van der Waals surface area contributed by atoms with Crippen LogP contribution in [-0.4, -0.2) is 7.12 Å². The number of fused-ring (bicyclic) bond motifs is 3. The van der Waals surface area contributed by atoms with Crippen LogP contribution in [0.4, 0.5) is 74.6 Å². The first-order valence-electron chi connectivity index (χ1n) is 16.5. The van der Waals surface area contributed by atoms with E-state index in [9.17, 15) is 22.0 Å². The molecule has 20 heteroatoms. The Hall–Kier alpha value is -6.73. The lowest BCUT2D eigenvalue weighted by Crippen LogP contribution is -2.44. The summed E-state index contributed by atoms with van der Waals surface area (Å²) in [7, 11) is -3.02. The summed E-state index contributed by atoms with van der Waals surface area (Å²) in [5, 5.41) is -15.5. The summed E-state index contributed by atoms with van der Waals surface area (Å²) >= 11 is 0. The molecule has 0 unspecified atom stereocenters. The minimum absolute atomic E-state index is 0.108. The van der Waals surface area contributed by atoms with Gasteiger partial charge in [0.05, 0.1) is 37.7 Å². The van der Waals surface area contributed by atoms with Gasteiger partial charge in [0.1, 0.15) is 40.7 Å².